The van der Waals surface area contributed by atoms with Crippen molar-refractivity contribution in [2.24, 2.45) is 34.5 Å². The summed E-state index contributed by atoms with van der Waals surface area (Å²) in [5.74, 6) is 1.65. The number of aromatic nitrogens is 2. The van der Waals surface area contributed by atoms with Gasteiger partial charge in [-0.1, -0.05) is 32.4 Å². The lowest BCUT2D eigenvalue weighted by atomic mass is 9.44. The monoisotopic (exact) mass is 583 g/mol. The van der Waals surface area contributed by atoms with Gasteiger partial charge in [0, 0.05) is 27.4 Å². The van der Waals surface area contributed by atoms with Crippen molar-refractivity contribution < 1.29 is 14.7 Å². The summed E-state index contributed by atoms with van der Waals surface area (Å²) in [4.78, 5) is 26.8. The summed E-state index contributed by atoms with van der Waals surface area (Å²) in [6, 6.07) is 9.65. The van der Waals surface area contributed by atoms with Gasteiger partial charge in [-0.15, -0.1) is 11.3 Å². The lowest BCUT2D eigenvalue weighted by Crippen LogP contribution is -2.58. The first-order valence-electron chi connectivity index (χ1n) is 15.4. The molecule has 7 heteroatoms. The topological polar surface area (TPSA) is 84.2 Å². The molecular weight excluding hydrogens is 542 g/mol. The zero-order valence-corrected chi connectivity index (χ0v) is 26.1. The molecule has 1 amide bonds. The number of hydrogen-bond acceptors (Lipinski definition) is 5. The quantitative estimate of drug-likeness (QED) is 0.339. The summed E-state index contributed by atoms with van der Waals surface area (Å²) in [5, 5.41) is 21.5. The highest BCUT2D eigenvalue weighted by Gasteiger charge is 2.66. The van der Waals surface area contributed by atoms with E-state index in [1.807, 2.05) is 47.3 Å². The van der Waals surface area contributed by atoms with Crippen molar-refractivity contribution in [3.63, 3.8) is 0 Å². The number of anilines is 1. The molecule has 7 rings (SSSR count). The van der Waals surface area contributed by atoms with Gasteiger partial charge in [-0.25, -0.2) is 4.68 Å². The van der Waals surface area contributed by atoms with Crippen LogP contribution >= 0.6 is 11.3 Å². The Balaban J connectivity index is 1.17. The van der Waals surface area contributed by atoms with Crippen LogP contribution in [0, 0.1) is 41.4 Å². The fourth-order valence-electron chi connectivity index (χ4n) is 9.71. The zero-order chi connectivity index (χ0) is 29.6. The predicted molar refractivity (Wildman–Crippen MR) is 167 cm³/mol. The number of hydrogen-bond donors (Lipinski definition) is 2. The van der Waals surface area contributed by atoms with E-state index in [2.05, 4.69) is 38.4 Å². The molecule has 0 unspecified atom stereocenters. The van der Waals surface area contributed by atoms with Crippen molar-refractivity contribution >= 4 is 34.8 Å². The highest BCUT2D eigenvalue weighted by Crippen LogP contribution is 2.68. The van der Waals surface area contributed by atoms with Crippen LogP contribution < -0.4 is 5.32 Å². The van der Waals surface area contributed by atoms with Gasteiger partial charge in [0.1, 0.15) is 5.60 Å². The number of rotatable bonds is 4. The van der Waals surface area contributed by atoms with Gasteiger partial charge in [0.2, 0.25) is 0 Å². The molecule has 1 aromatic carbocycles. The number of fused-ring (bicyclic) bond motifs is 6. The van der Waals surface area contributed by atoms with Crippen LogP contribution in [0.15, 0.2) is 47.5 Å². The maximum Gasteiger partial charge on any atom is 0.255 e. The van der Waals surface area contributed by atoms with Gasteiger partial charge in [0.05, 0.1) is 17.1 Å². The highest BCUT2D eigenvalue weighted by atomic mass is 32.1. The molecule has 3 aromatic rings. The lowest BCUT2D eigenvalue weighted by Gasteiger charge is -2.60. The number of nitrogens with one attached hydrogen (secondary N) is 1. The highest BCUT2D eigenvalue weighted by molar-refractivity contribution is 7.10. The predicted octanol–water partition coefficient (Wildman–Crippen LogP) is 7.24. The Hall–Kier alpha value is -3.03. The number of Topliss-reactive ketones (excluding diaryl/α,β-unsaturated/α-hetero) is 1. The van der Waals surface area contributed by atoms with E-state index in [0.29, 0.717) is 35.7 Å². The fraction of sp³-hybridized carbons (Fsp3) is 0.514. The number of aliphatic hydroxyl groups is 1. The SMILES string of the molecule is CC(=O)[C@@]1(O)CC[C@H]2[C@@H]3C[C@H](C)C4=Cc5nn(-c6cccc(C(=O)Nc7csc(C)c7)c6)cc5C[C@]4(C)[C@H]3CC[C@@]21C. The molecule has 3 saturated carbocycles. The van der Waals surface area contributed by atoms with Crippen LogP contribution in [0.5, 0.6) is 0 Å². The Morgan fingerprint density at radius 2 is 1.93 bits per heavy atom. The number of allylic oxidation sites excluding steroid dienone is 1. The first kappa shape index (κ1) is 27.8. The van der Waals surface area contributed by atoms with Gasteiger partial charge < -0.3 is 10.4 Å². The molecule has 4 aliphatic rings. The normalized spacial score (nSPS) is 35.0. The van der Waals surface area contributed by atoms with E-state index in [0.717, 1.165) is 54.0 Å². The minimum Gasteiger partial charge on any atom is -0.382 e. The van der Waals surface area contributed by atoms with Gasteiger partial charge in [-0.05, 0) is 117 Å². The van der Waals surface area contributed by atoms with Crippen molar-refractivity contribution in [1.82, 2.24) is 9.78 Å². The van der Waals surface area contributed by atoms with Crippen molar-refractivity contribution in [2.75, 3.05) is 5.32 Å². The summed E-state index contributed by atoms with van der Waals surface area (Å²) < 4.78 is 1.93. The van der Waals surface area contributed by atoms with Crippen molar-refractivity contribution in [2.45, 2.75) is 78.7 Å². The van der Waals surface area contributed by atoms with Crippen LogP contribution in [0.1, 0.15) is 86.3 Å². The second-order valence-corrected chi connectivity index (χ2v) is 15.2. The average Bonchev–Trinajstić information content (AvgIpc) is 3.63. The number of ketones is 1. The van der Waals surface area contributed by atoms with Crippen LogP contribution in [-0.2, 0) is 11.2 Å². The number of aryl methyl sites for hydroxylation is 1. The number of benzene rings is 1. The van der Waals surface area contributed by atoms with Crippen LogP contribution in [-0.4, -0.2) is 32.2 Å². The summed E-state index contributed by atoms with van der Waals surface area (Å²) in [6.45, 7) is 10.6. The molecule has 0 aliphatic heterocycles. The van der Waals surface area contributed by atoms with Crippen LogP contribution in [0.4, 0.5) is 5.69 Å². The number of carbonyl (C=O) groups is 2. The van der Waals surface area contributed by atoms with Crippen LogP contribution in [0.3, 0.4) is 0 Å². The molecule has 0 spiro atoms. The lowest BCUT2D eigenvalue weighted by molar-refractivity contribution is -0.160. The molecule has 0 radical (unpaired) electrons. The summed E-state index contributed by atoms with van der Waals surface area (Å²) in [7, 11) is 0. The average molecular weight is 584 g/mol. The van der Waals surface area contributed by atoms with E-state index in [4.69, 9.17) is 5.10 Å². The molecular formula is C35H41N3O3S. The van der Waals surface area contributed by atoms with Gasteiger partial charge in [-0.3, -0.25) is 9.59 Å². The smallest absolute Gasteiger partial charge is 0.255 e. The molecule has 2 aromatic heterocycles. The third-order valence-corrected chi connectivity index (χ3v) is 12.7. The first-order chi connectivity index (χ1) is 19.9. The Morgan fingerprint density at radius 3 is 2.67 bits per heavy atom. The van der Waals surface area contributed by atoms with Gasteiger partial charge in [-0.2, -0.15) is 5.10 Å². The molecule has 7 atom stereocenters. The first-order valence-corrected chi connectivity index (χ1v) is 16.3. The minimum atomic E-state index is -1.18. The summed E-state index contributed by atoms with van der Waals surface area (Å²) >= 11 is 1.62. The van der Waals surface area contributed by atoms with Crippen LogP contribution in [0.25, 0.3) is 11.8 Å². The molecule has 6 nitrogen and oxygen atoms in total. The molecule has 2 heterocycles. The maximum absolute atomic E-state index is 13.0. The summed E-state index contributed by atoms with van der Waals surface area (Å²) in [6.07, 6.45) is 10.0. The molecule has 3 fully saturated rings. The van der Waals surface area contributed by atoms with Crippen molar-refractivity contribution in [3.8, 4) is 5.69 Å². The van der Waals surface area contributed by atoms with Gasteiger partial charge in [0.25, 0.3) is 5.91 Å². The Morgan fingerprint density at radius 1 is 1.14 bits per heavy atom. The standard InChI is InChI=1S/C35H41N3O3S/c1-20-13-27-28(9-11-34(5)29(27)10-12-35(34,41)22(3)39)33(4)17-24-18-38(37-31(24)16-30(20)33)26-8-6-7-23(15-26)32(40)36-25-14-21(2)42-19-25/h6-8,14-16,18-20,27-29,41H,9-13,17H2,1-5H3,(H,36,40)/t20-,27+,28-,29-,33+,34-,35-/m0/s1. The van der Waals surface area contributed by atoms with Crippen molar-refractivity contribution in [1.29, 1.82) is 0 Å². The van der Waals surface area contributed by atoms with Crippen molar-refractivity contribution in [3.05, 3.63) is 69.2 Å². The third kappa shape index (κ3) is 3.96. The number of amides is 1. The number of thiophene rings is 1. The van der Waals surface area contributed by atoms with E-state index < -0.39 is 5.60 Å². The number of nitrogens with zero attached hydrogens (tertiary/aromatic N) is 2. The Kier molecular flexibility index (Phi) is 6.27. The minimum absolute atomic E-state index is 0.0296. The second-order valence-electron chi connectivity index (χ2n) is 14.1. The third-order valence-electron chi connectivity index (χ3n) is 11.8. The van der Waals surface area contributed by atoms with E-state index in [-0.39, 0.29) is 22.5 Å². The molecule has 42 heavy (non-hydrogen) atoms. The Labute approximate surface area is 252 Å². The van der Waals surface area contributed by atoms with E-state index in [9.17, 15) is 14.7 Å². The zero-order valence-electron chi connectivity index (χ0n) is 25.2. The number of carbonyl (C=O) groups excluding carboxylic acids is 2. The molecule has 0 bridgehead atoms. The fourth-order valence-corrected chi connectivity index (χ4v) is 10.3. The molecule has 0 saturated heterocycles. The largest absolute Gasteiger partial charge is 0.382 e. The molecule has 220 valence electrons. The van der Waals surface area contributed by atoms with E-state index >= 15 is 0 Å². The van der Waals surface area contributed by atoms with Gasteiger partial charge in [0.15, 0.2) is 5.78 Å². The maximum atomic E-state index is 13.0. The van der Waals surface area contributed by atoms with Crippen LogP contribution in [0.2, 0.25) is 0 Å². The summed E-state index contributed by atoms with van der Waals surface area (Å²) in [5.41, 5.74) is 4.60. The van der Waals surface area contributed by atoms with Gasteiger partial charge >= 0.3 is 0 Å². The van der Waals surface area contributed by atoms with E-state index in [1.54, 1.807) is 18.3 Å². The molecule has 2 N–H and O–H groups in total. The Bertz CT molecular complexity index is 1640. The molecule has 4 aliphatic carbocycles. The second kappa shape index (κ2) is 9.48. The van der Waals surface area contributed by atoms with E-state index in [1.165, 1.54) is 11.1 Å².